The molecular formula is C23H23N5O3S. The first-order valence-electron chi connectivity index (χ1n) is 9.96. The van der Waals surface area contributed by atoms with Gasteiger partial charge in [-0.25, -0.2) is 9.50 Å². The van der Waals surface area contributed by atoms with Gasteiger partial charge in [-0.15, -0.1) is 5.10 Å². The van der Waals surface area contributed by atoms with Crippen LogP contribution in [0.15, 0.2) is 53.7 Å². The zero-order valence-electron chi connectivity index (χ0n) is 18.2. The Hall–Kier alpha value is -3.59. The molecule has 1 N–H and O–H groups in total. The van der Waals surface area contributed by atoms with Crippen molar-refractivity contribution in [1.82, 2.24) is 19.6 Å². The van der Waals surface area contributed by atoms with E-state index in [2.05, 4.69) is 20.4 Å². The summed E-state index contributed by atoms with van der Waals surface area (Å²) in [5, 5.41) is 8.01. The highest BCUT2D eigenvalue weighted by Gasteiger charge is 2.16. The molecule has 1 amide bonds. The third-order valence-electron chi connectivity index (χ3n) is 4.98. The summed E-state index contributed by atoms with van der Waals surface area (Å²) < 4.78 is 12.9. The average molecular weight is 450 g/mol. The largest absolute Gasteiger partial charge is 0.493 e. The number of ether oxygens (including phenoxy) is 2. The Morgan fingerprint density at radius 1 is 1.06 bits per heavy atom. The van der Waals surface area contributed by atoms with Crippen LogP contribution in [0.4, 0.5) is 5.69 Å². The van der Waals surface area contributed by atoms with Crippen molar-refractivity contribution in [2.45, 2.75) is 25.4 Å². The van der Waals surface area contributed by atoms with Crippen LogP contribution >= 0.6 is 11.8 Å². The van der Waals surface area contributed by atoms with Crippen LogP contribution in [0.5, 0.6) is 17.2 Å². The van der Waals surface area contributed by atoms with Gasteiger partial charge in [0, 0.05) is 22.6 Å². The number of nitrogens with one attached hydrogen (secondary N) is 1. The number of hydrogen-bond donors (Lipinski definition) is 1. The molecule has 0 bridgehead atoms. The molecule has 2 aromatic heterocycles. The van der Waals surface area contributed by atoms with Crippen molar-refractivity contribution < 1.29 is 14.3 Å². The number of aryl methyl sites for hydroxylation is 2. The quantitative estimate of drug-likeness (QED) is 0.417. The van der Waals surface area contributed by atoms with Crippen molar-refractivity contribution in [3.63, 3.8) is 0 Å². The monoisotopic (exact) mass is 449 g/mol. The summed E-state index contributed by atoms with van der Waals surface area (Å²) in [5.74, 6) is 2.32. The predicted molar refractivity (Wildman–Crippen MR) is 124 cm³/mol. The molecule has 0 aliphatic carbocycles. The molecule has 0 saturated carbocycles. The van der Waals surface area contributed by atoms with E-state index in [0.717, 1.165) is 17.0 Å². The van der Waals surface area contributed by atoms with Crippen molar-refractivity contribution in [2.24, 2.45) is 0 Å². The van der Waals surface area contributed by atoms with Gasteiger partial charge in [0.15, 0.2) is 11.5 Å². The molecule has 164 valence electrons. The molecule has 0 saturated heterocycles. The number of thioether (sulfide) groups is 1. The third-order valence-corrected chi connectivity index (χ3v) is 5.52. The summed E-state index contributed by atoms with van der Waals surface area (Å²) >= 11 is 1.45. The van der Waals surface area contributed by atoms with Crippen LogP contribution in [0.1, 0.15) is 17.0 Å². The van der Waals surface area contributed by atoms with Crippen LogP contribution in [0.3, 0.4) is 0 Å². The standard InChI is InChI=1S/C23H23N5O3S/c1-14-18(15(2)28-22(24-14)26-23(27-28)32-4)13-21(29)25-16-9-11-17(12-10-16)31-20-8-6-5-7-19(20)30-3/h5-12H,13H2,1-4H3,(H,25,29). The van der Waals surface area contributed by atoms with E-state index in [9.17, 15) is 4.79 Å². The van der Waals surface area contributed by atoms with Crippen molar-refractivity contribution in [2.75, 3.05) is 18.7 Å². The van der Waals surface area contributed by atoms with E-state index >= 15 is 0 Å². The lowest BCUT2D eigenvalue weighted by Gasteiger charge is -2.12. The van der Waals surface area contributed by atoms with Crippen LogP contribution in [0.2, 0.25) is 0 Å². The fraction of sp³-hybridized carbons (Fsp3) is 0.217. The van der Waals surface area contributed by atoms with Gasteiger partial charge in [0.25, 0.3) is 5.78 Å². The van der Waals surface area contributed by atoms with Gasteiger partial charge in [-0.3, -0.25) is 4.79 Å². The number of fused-ring (bicyclic) bond motifs is 1. The zero-order chi connectivity index (χ0) is 22.7. The van der Waals surface area contributed by atoms with Crippen molar-refractivity contribution in [3.05, 3.63) is 65.5 Å². The topological polar surface area (TPSA) is 90.6 Å². The molecule has 8 nitrogen and oxygen atoms in total. The highest BCUT2D eigenvalue weighted by atomic mass is 32.2. The van der Waals surface area contributed by atoms with Crippen LogP contribution in [0.25, 0.3) is 5.78 Å². The number of carbonyl (C=O) groups is 1. The van der Waals surface area contributed by atoms with Crippen molar-refractivity contribution in [1.29, 1.82) is 0 Å². The minimum Gasteiger partial charge on any atom is -0.493 e. The smallest absolute Gasteiger partial charge is 0.253 e. The lowest BCUT2D eigenvalue weighted by molar-refractivity contribution is -0.115. The Morgan fingerprint density at radius 3 is 2.47 bits per heavy atom. The van der Waals surface area contributed by atoms with Crippen molar-refractivity contribution >= 4 is 29.1 Å². The maximum Gasteiger partial charge on any atom is 0.253 e. The van der Waals surface area contributed by atoms with Gasteiger partial charge in [0.1, 0.15) is 5.75 Å². The predicted octanol–water partition coefficient (Wildman–Crippen LogP) is 4.45. The number of rotatable bonds is 7. The highest BCUT2D eigenvalue weighted by molar-refractivity contribution is 7.98. The first kappa shape index (κ1) is 21.6. The van der Waals surface area contributed by atoms with Crippen molar-refractivity contribution in [3.8, 4) is 17.2 Å². The number of benzene rings is 2. The van der Waals surface area contributed by atoms with Gasteiger partial charge >= 0.3 is 0 Å². The molecule has 32 heavy (non-hydrogen) atoms. The lowest BCUT2D eigenvalue weighted by Crippen LogP contribution is -2.17. The van der Waals surface area contributed by atoms with E-state index in [1.165, 1.54) is 11.8 Å². The summed E-state index contributed by atoms with van der Waals surface area (Å²) in [6.07, 6.45) is 2.10. The van der Waals surface area contributed by atoms with E-state index in [0.29, 0.717) is 33.9 Å². The molecule has 9 heteroatoms. The Kier molecular flexibility index (Phi) is 6.27. The molecule has 2 aromatic carbocycles. The van der Waals surface area contributed by atoms with E-state index in [1.54, 1.807) is 35.9 Å². The molecule has 4 aromatic rings. The summed E-state index contributed by atoms with van der Waals surface area (Å²) in [6, 6.07) is 14.6. The summed E-state index contributed by atoms with van der Waals surface area (Å²) in [5.41, 5.74) is 3.14. The van der Waals surface area contributed by atoms with E-state index in [4.69, 9.17) is 9.47 Å². The van der Waals surface area contributed by atoms with Crippen LogP contribution in [-0.2, 0) is 11.2 Å². The number of para-hydroxylation sites is 2. The molecule has 4 rings (SSSR count). The Morgan fingerprint density at radius 2 is 1.78 bits per heavy atom. The minimum atomic E-state index is -0.138. The number of methoxy groups -OCH3 is 1. The van der Waals surface area contributed by atoms with E-state index < -0.39 is 0 Å². The Labute approximate surface area is 190 Å². The second-order valence-electron chi connectivity index (χ2n) is 7.07. The molecule has 0 radical (unpaired) electrons. The van der Waals surface area contributed by atoms with Crippen LogP contribution in [0, 0.1) is 13.8 Å². The second kappa shape index (κ2) is 9.27. The lowest BCUT2D eigenvalue weighted by atomic mass is 10.1. The molecule has 0 unspecified atom stereocenters. The molecule has 0 aliphatic heterocycles. The average Bonchev–Trinajstić information content (AvgIpc) is 3.21. The number of hydrogen-bond acceptors (Lipinski definition) is 7. The van der Waals surface area contributed by atoms with E-state index in [1.807, 2.05) is 44.4 Å². The molecule has 0 aliphatic rings. The first-order valence-corrected chi connectivity index (χ1v) is 11.2. The molecule has 2 heterocycles. The molecule has 0 fully saturated rings. The number of nitrogens with zero attached hydrogens (tertiary/aromatic N) is 4. The Balaban J connectivity index is 1.45. The van der Waals surface area contributed by atoms with Gasteiger partial charge in [-0.2, -0.15) is 4.98 Å². The van der Waals surface area contributed by atoms with Gasteiger partial charge < -0.3 is 14.8 Å². The summed E-state index contributed by atoms with van der Waals surface area (Å²) in [7, 11) is 1.60. The normalized spacial score (nSPS) is 10.9. The third kappa shape index (κ3) is 4.52. The number of carbonyl (C=O) groups excluding carboxylic acids is 1. The number of anilines is 1. The van der Waals surface area contributed by atoms with Gasteiger partial charge in [0.2, 0.25) is 11.1 Å². The second-order valence-corrected chi connectivity index (χ2v) is 7.85. The Bertz CT molecular complexity index is 1270. The maximum atomic E-state index is 12.7. The molecular weight excluding hydrogens is 426 g/mol. The summed E-state index contributed by atoms with van der Waals surface area (Å²) in [4.78, 5) is 21.6. The summed E-state index contributed by atoms with van der Waals surface area (Å²) in [6.45, 7) is 3.81. The number of amides is 1. The number of aromatic nitrogens is 4. The molecule has 0 atom stereocenters. The highest BCUT2D eigenvalue weighted by Crippen LogP contribution is 2.31. The van der Waals surface area contributed by atoms with Gasteiger partial charge in [0.05, 0.1) is 13.5 Å². The fourth-order valence-electron chi connectivity index (χ4n) is 3.33. The van der Waals surface area contributed by atoms with Gasteiger partial charge in [-0.05, 0) is 56.5 Å². The zero-order valence-corrected chi connectivity index (χ0v) is 19.1. The van der Waals surface area contributed by atoms with Crippen LogP contribution < -0.4 is 14.8 Å². The fourth-order valence-corrected chi connectivity index (χ4v) is 3.67. The van der Waals surface area contributed by atoms with E-state index in [-0.39, 0.29) is 12.3 Å². The maximum absolute atomic E-state index is 12.7. The van der Waals surface area contributed by atoms with Gasteiger partial charge in [-0.1, -0.05) is 23.9 Å². The SMILES string of the molecule is COc1ccccc1Oc1ccc(NC(=O)Cc2c(C)nc3nc(SC)nn3c2C)cc1. The van der Waals surface area contributed by atoms with Crippen LogP contribution in [-0.4, -0.2) is 38.9 Å². The first-order chi connectivity index (χ1) is 15.5. The minimum absolute atomic E-state index is 0.138. The molecule has 0 spiro atoms.